The molecule has 1 atom stereocenters. The summed E-state index contributed by atoms with van der Waals surface area (Å²) in [7, 11) is 1.95. The first-order valence-electron chi connectivity index (χ1n) is 8.63. The molecule has 4 rings (SSSR count). The Morgan fingerprint density at radius 1 is 1.40 bits per heavy atom. The van der Waals surface area contributed by atoms with Gasteiger partial charge in [-0.1, -0.05) is 0 Å². The zero-order chi connectivity index (χ0) is 17.6. The van der Waals surface area contributed by atoms with Gasteiger partial charge in [-0.05, 0) is 38.0 Å². The Bertz CT molecular complexity index is 927. The highest BCUT2D eigenvalue weighted by atomic mass is 16.3. The number of fused-ring (bicyclic) bond motifs is 1. The van der Waals surface area contributed by atoms with Gasteiger partial charge in [0.05, 0.1) is 5.56 Å². The Hall–Kier alpha value is -2.76. The fourth-order valence-corrected chi connectivity index (χ4v) is 3.87. The first-order valence-corrected chi connectivity index (χ1v) is 8.63. The standard InChI is InChI=1S/C19H22N4O2/c1-12-17(15-10-14(24)5-6-16(15)22(12)2)19(25)23-9-3-4-13(11-23)18-20-7-8-21-18/h5-8,10,13,24H,3-4,9,11H2,1-2H3,(H,20,21). The average molecular weight is 338 g/mol. The van der Waals surface area contributed by atoms with Crippen molar-refractivity contribution in [1.82, 2.24) is 19.4 Å². The molecule has 6 heteroatoms. The van der Waals surface area contributed by atoms with Crippen LogP contribution < -0.4 is 0 Å². The largest absolute Gasteiger partial charge is 0.508 e. The highest BCUT2D eigenvalue weighted by Crippen LogP contribution is 2.31. The number of hydrogen-bond donors (Lipinski definition) is 2. The van der Waals surface area contributed by atoms with E-state index >= 15 is 0 Å². The number of likely N-dealkylation sites (tertiary alicyclic amines) is 1. The van der Waals surface area contributed by atoms with Gasteiger partial charge in [-0.25, -0.2) is 4.98 Å². The van der Waals surface area contributed by atoms with Crippen molar-refractivity contribution in [2.75, 3.05) is 13.1 Å². The maximum absolute atomic E-state index is 13.3. The van der Waals surface area contributed by atoms with E-state index in [1.807, 2.05) is 35.7 Å². The monoisotopic (exact) mass is 338 g/mol. The number of aromatic hydroxyl groups is 1. The van der Waals surface area contributed by atoms with Gasteiger partial charge in [0.25, 0.3) is 5.91 Å². The van der Waals surface area contributed by atoms with E-state index in [-0.39, 0.29) is 17.6 Å². The molecule has 1 unspecified atom stereocenters. The molecule has 0 radical (unpaired) electrons. The summed E-state index contributed by atoms with van der Waals surface area (Å²) in [4.78, 5) is 22.7. The lowest BCUT2D eigenvalue weighted by molar-refractivity contribution is 0.0706. The minimum atomic E-state index is 0.0324. The molecule has 1 saturated heterocycles. The van der Waals surface area contributed by atoms with Crippen LogP contribution in [-0.2, 0) is 7.05 Å². The molecule has 3 aromatic rings. The van der Waals surface area contributed by atoms with E-state index in [0.717, 1.165) is 41.8 Å². The van der Waals surface area contributed by atoms with Crippen molar-refractivity contribution < 1.29 is 9.90 Å². The summed E-state index contributed by atoms with van der Waals surface area (Å²) in [5.41, 5.74) is 2.57. The Balaban J connectivity index is 1.70. The number of rotatable bonds is 2. The van der Waals surface area contributed by atoms with Gasteiger partial charge in [0.1, 0.15) is 11.6 Å². The van der Waals surface area contributed by atoms with Crippen molar-refractivity contribution in [3.63, 3.8) is 0 Å². The van der Waals surface area contributed by atoms with Crippen molar-refractivity contribution in [2.45, 2.75) is 25.7 Å². The number of hydrogen-bond acceptors (Lipinski definition) is 3. The number of amides is 1. The number of piperidine rings is 1. The maximum Gasteiger partial charge on any atom is 0.256 e. The van der Waals surface area contributed by atoms with Crippen molar-refractivity contribution in [2.24, 2.45) is 7.05 Å². The first-order chi connectivity index (χ1) is 12.1. The lowest BCUT2D eigenvalue weighted by atomic mass is 9.96. The van der Waals surface area contributed by atoms with Crippen LogP contribution >= 0.6 is 0 Å². The molecule has 1 aliphatic rings. The van der Waals surface area contributed by atoms with E-state index in [1.54, 1.807) is 18.3 Å². The number of benzene rings is 1. The summed E-state index contributed by atoms with van der Waals surface area (Å²) < 4.78 is 2.01. The molecular weight excluding hydrogens is 316 g/mol. The summed E-state index contributed by atoms with van der Waals surface area (Å²) >= 11 is 0. The summed E-state index contributed by atoms with van der Waals surface area (Å²) in [6, 6.07) is 5.20. The van der Waals surface area contributed by atoms with Gasteiger partial charge in [0.15, 0.2) is 0 Å². The van der Waals surface area contributed by atoms with Gasteiger partial charge in [0, 0.05) is 55.0 Å². The van der Waals surface area contributed by atoms with Crippen LogP contribution in [0.15, 0.2) is 30.6 Å². The molecule has 25 heavy (non-hydrogen) atoms. The number of H-pyrrole nitrogens is 1. The predicted molar refractivity (Wildman–Crippen MR) is 95.8 cm³/mol. The molecule has 2 aromatic heterocycles. The second-order valence-electron chi connectivity index (χ2n) is 6.79. The minimum Gasteiger partial charge on any atom is -0.508 e. The van der Waals surface area contributed by atoms with Crippen molar-refractivity contribution in [3.05, 3.63) is 47.7 Å². The molecule has 1 aromatic carbocycles. The lowest BCUT2D eigenvalue weighted by Crippen LogP contribution is -2.39. The van der Waals surface area contributed by atoms with Gasteiger partial charge >= 0.3 is 0 Å². The Morgan fingerprint density at radius 2 is 2.24 bits per heavy atom. The summed E-state index contributed by atoms with van der Waals surface area (Å²) in [6.07, 6.45) is 5.58. The lowest BCUT2D eigenvalue weighted by Gasteiger charge is -2.32. The van der Waals surface area contributed by atoms with E-state index < -0.39 is 0 Å². The van der Waals surface area contributed by atoms with Crippen LogP contribution in [0, 0.1) is 6.92 Å². The molecule has 1 amide bonds. The number of carbonyl (C=O) groups is 1. The van der Waals surface area contributed by atoms with Gasteiger partial charge in [0.2, 0.25) is 0 Å². The van der Waals surface area contributed by atoms with Gasteiger partial charge < -0.3 is 19.6 Å². The smallest absolute Gasteiger partial charge is 0.256 e. The van der Waals surface area contributed by atoms with Crippen LogP contribution in [0.1, 0.15) is 40.6 Å². The third kappa shape index (κ3) is 2.58. The van der Waals surface area contributed by atoms with Crippen LogP contribution in [0.5, 0.6) is 5.75 Å². The molecule has 130 valence electrons. The molecule has 0 spiro atoms. The van der Waals surface area contributed by atoms with Gasteiger partial charge in [-0.2, -0.15) is 0 Å². The maximum atomic E-state index is 13.3. The molecule has 3 heterocycles. The predicted octanol–water partition coefficient (Wildman–Crippen LogP) is 2.94. The van der Waals surface area contributed by atoms with E-state index in [4.69, 9.17) is 0 Å². The number of nitrogens with zero attached hydrogens (tertiary/aromatic N) is 3. The van der Waals surface area contributed by atoms with Crippen molar-refractivity contribution in [1.29, 1.82) is 0 Å². The SMILES string of the molecule is Cc1c(C(=O)N2CCCC(c3ncc[nH]3)C2)c2cc(O)ccc2n1C. The van der Waals surface area contributed by atoms with E-state index in [9.17, 15) is 9.90 Å². The molecular formula is C19H22N4O2. The zero-order valence-corrected chi connectivity index (χ0v) is 14.5. The zero-order valence-electron chi connectivity index (χ0n) is 14.5. The van der Waals surface area contributed by atoms with Crippen LogP contribution in [0.25, 0.3) is 10.9 Å². The highest BCUT2D eigenvalue weighted by Gasteiger charge is 2.29. The normalized spacial score (nSPS) is 18.0. The van der Waals surface area contributed by atoms with Crippen LogP contribution in [0.4, 0.5) is 0 Å². The summed E-state index contributed by atoms with van der Waals surface area (Å²) in [5.74, 6) is 1.41. The van der Waals surface area contributed by atoms with Crippen LogP contribution in [0.3, 0.4) is 0 Å². The molecule has 0 aliphatic carbocycles. The fourth-order valence-electron chi connectivity index (χ4n) is 3.87. The Labute approximate surface area is 146 Å². The summed E-state index contributed by atoms with van der Waals surface area (Å²) in [5, 5.41) is 10.7. The fraction of sp³-hybridized carbons (Fsp3) is 0.368. The Kier molecular flexibility index (Phi) is 3.75. The van der Waals surface area contributed by atoms with Crippen LogP contribution in [-0.4, -0.2) is 43.5 Å². The molecule has 6 nitrogen and oxygen atoms in total. The second-order valence-corrected chi connectivity index (χ2v) is 6.79. The molecule has 1 aliphatic heterocycles. The minimum absolute atomic E-state index is 0.0324. The quantitative estimate of drug-likeness (QED) is 0.754. The van der Waals surface area contributed by atoms with E-state index in [1.165, 1.54) is 0 Å². The highest BCUT2D eigenvalue weighted by molar-refractivity contribution is 6.08. The number of aromatic nitrogens is 3. The van der Waals surface area contributed by atoms with Crippen molar-refractivity contribution >= 4 is 16.8 Å². The number of nitrogens with one attached hydrogen (secondary N) is 1. The van der Waals surface area contributed by atoms with Gasteiger partial charge in [-0.15, -0.1) is 0 Å². The summed E-state index contributed by atoms with van der Waals surface area (Å²) in [6.45, 7) is 3.38. The number of aromatic amines is 1. The van der Waals surface area contributed by atoms with Crippen LogP contribution in [0.2, 0.25) is 0 Å². The average Bonchev–Trinajstić information content (AvgIpc) is 3.23. The number of aryl methyl sites for hydroxylation is 1. The Morgan fingerprint density at radius 3 is 3.00 bits per heavy atom. The third-order valence-corrected chi connectivity index (χ3v) is 5.30. The number of carbonyl (C=O) groups excluding carboxylic acids is 1. The molecule has 0 bridgehead atoms. The number of phenolic OH excluding ortho intramolecular Hbond substituents is 1. The van der Waals surface area contributed by atoms with E-state index in [2.05, 4.69) is 9.97 Å². The van der Waals surface area contributed by atoms with Gasteiger partial charge in [-0.3, -0.25) is 4.79 Å². The topological polar surface area (TPSA) is 74.2 Å². The molecule has 0 saturated carbocycles. The number of phenols is 1. The third-order valence-electron chi connectivity index (χ3n) is 5.30. The number of imidazole rings is 1. The molecule has 1 fully saturated rings. The molecule has 2 N–H and O–H groups in total. The second kappa shape index (κ2) is 5.95. The van der Waals surface area contributed by atoms with Crippen molar-refractivity contribution in [3.8, 4) is 5.75 Å². The van der Waals surface area contributed by atoms with E-state index in [0.29, 0.717) is 12.1 Å². The first kappa shape index (κ1) is 15.7.